The van der Waals surface area contributed by atoms with Crippen molar-refractivity contribution in [3.05, 3.63) is 0 Å². The second-order valence-electron chi connectivity index (χ2n) is 2.14. The first-order valence-corrected chi connectivity index (χ1v) is 2.96. The van der Waals surface area contributed by atoms with Crippen LogP contribution in [-0.4, -0.2) is 23.9 Å². The fourth-order valence-corrected chi connectivity index (χ4v) is 0.452. The zero-order valence-electron chi connectivity index (χ0n) is 5.58. The van der Waals surface area contributed by atoms with Gasteiger partial charge in [-0.15, -0.1) is 0 Å². The predicted molar refractivity (Wildman–Crippen MR) is 34.8 cm³/mol. The summed E-state index contributed by atoms with van der Waals surface area (Å²) >= 11 is 0. The summed E-state index contributed by atoms with van der Waals surface area (Å²) in [5.41, 5.74) is 10.9. The first-order valence-electron chi connectivity index (χ1n) is 2.96. The second-order valence-corrected chi connectivity index (χ2v) is 2.14. The van der Waals surface area contributed by atoms with E-state index in [4.69, 9.17) is 16.7 Å². The Balaban J connectivity index is 3.16. The van der Waals surface area contributed by atoms with Crippen LogP contribution in [0.25, 0.3) is 0 Å². The summed E-state index contributed by atoms with van der Waals surface area (Å²) in [6.45, 7) is 2.07. The zero-order chi connectivity index (χ0) is 7.28. The Labute approximate surface area is 54.7 Å². The van der Waals surface area contributed by atoms with Gasteiger partial charge in [0.05, 0.1) is 6.61 Å². The Morgan fingerprint density at radius 1 is 1.56 bits per heavy atom. The first-order chi connectivity index (χ1) is 4.18. The van der Waals surface area contributed by atoms with E-state index in [0.717, 1.165) is 0 Å². The average Bonchev–Trinajstić information content (AvgIpc) is 1.82. The van der Waals surface area contributed by atoms with Crippen LogP contribution in [0.2, 0.25) is 0 Å². The van der Waals surface area contributed by atoms with Crippen molar-refractivity contribution in [3.63, 3.8) is 0 Å². The van der Waals surface area contributed by atoms with E-state index in [9.17, 15) is 0 Å². The highest BCUT2D eigenvalue weighted by Gasteiger charge is 2.06. The molecule has 0 saturated heterocycles. The van der Waals surface area contributed by atoms with Gasteiger partial charge in [-0.05, 0) is 13.3 Å². The van der Waals surface area contributed by atoms with Crippen LogP contribution in [-0.2, 0) is 4.89 Å². The van der Waals surface area contributed by atoms with Crippen molar-refractivity contribution < 1.29 is 10.1 Å². The second kappa shape index (κ2) is 4.69. The molecule has 4 nitrogen and oxygen atoms in total. The van der Waals surface area contributed by atoms with Gasteiger partial charge in [0.1, 0.15) is 0 Å². The lowest BCUT2D eigenvalue weighted by molar-refractivity contribution is -0.243. The van der Waals surface area contributed by atoms with Gasteiger partial charge in [0, 0.05) is 12.1 Å². The molecule has 0 aliphatic heterocycles. The fourth-order valence-electron chi connectivity index (χ4n) is 0.452. The molecule has 0 radical (unpaired) electrons. The smallest absolute Gasteiger partial charge is 0.0835 e. The molecular formula is C5H14N2O2. The molecule has 0 aliphatic carbocycles. The van der Waals surface area contributed by atoms with Gasteiger partial charge in [0.2, 0.25) is 0 Å². The molecule has 0 amide bonds. The van der Waals surface area contributed by atoms with Crippen LogP contribution in [0, 0.1) is 0 Å². The summed E-state index contributed by atoms with van der Waals surface area (Å²) in [4.78, 5) is 3.83. The number of hydrogen-bond acceptors (Lipinski definition) is 4. The minimum atomic E-state index is -0.0860. The van der Waals surface area contributed by atoms with Crippen molar-refractivity contribution in [3.8, 4) is 0 Å². The van der Waals surface area contributed by atoms with Crippen LogP contribution in [0.1, 0.15) is 13.3 Å². The Bertz CT molecular complexity index is 68.0. The summed E-state index contributed by atoms with van der Waals surface area (Å²) in [5, 5.41) is 7.90. The van der Waals surface area contributed by atoms with Gasteiger partial charge >= 0.3 is 0 Å². The normalized spacial score (nSPS) is 17.3. The third-order valence-corrected chi connectivity index (χ3v) is 1.22. The van der Waals surface area contributed by atoms with E-state index in [1.807, 2.05) is 6.92 Å². The quantitative estimate of drug-likeness (QED) is 0.359. The minimum absolute atomic E-state index is 0.0415. The minimum Gasteiger partial charge on any atom is -0.327 e. The lowest BCUT2D eigenvalue weighted by atomic mass is 10.1. The van der Waals surface area contributed by atoms with Crippen molar-refractivity contribution in [1.29, 1.82) is 0 Å². The van der Waals surface area contributed by atoms with E-state index in [1.165, 1.54) is 0 Å². The molecule has 0 heterocycles. The van der Waals surface area contributed by atoms with Crippen LogP contribution >= 0.6 is 0 Å². The molecule has 5 N–H and O–H groups in total. The lowest BCUT2D eigenvalue weighted by Crippen LogP contribution is -2.39. The van der Waals surface area contributed by atoms with E-state index in [2.05, 4.69) is 4.89 Å². The van der Waals surface area contributed by atoms with Gasteiger partial charge in [-0.2, -0.15) is 0 Å². The van der Waals surface area contributed by atoms with E-state index in [1.54, 1.807) is 0 Å². The molecule has 0 spiro atoms. The van der Waals surface area contributed by atoms with Gasteiger partial charge < -0.3 is 11.5 Å². The molecule has 0 aromatic rings. The number of hydrogen-bond donors (Lipinski definition) is 3. The topological polar surface area (TPSA) is 81.5 Å². The summed E-state index contributed by atoms with van der Waals surface area (Å²) < 4.78 is 0. The van der Waals surface area contributed by atoms with Gasteiger partial charge in [0.25, 0.3) is 0 Å². The first kappa shape index (κ1) is 8.84. The third-order valence-electron chi connectivity index (χ3n) is 1.22. The van der Waals surface area contributed by atoms with Gasteiger partial charge in [-0.3, -0.25) is 5.26 Å². The zero-order valence-corrected chi connectivity index (χ0v) is 5.58. The highest BCUT2D eigenvalue weighted by atomic mass is 17.1. The maximum atomic E-state index is 7.90. The monoisotopic (exact) mass is 134 g/mol. The average molecular weight is 134 g/mol. The Hall–Kier alpha value is -0.160. The van der Waals surface area contributed by atoms with Crippen LogP contribution in [0.3, 0.4) is 0 Å². The third kappa shape index (κ3) is 4.35. The van der Waals surface area contributed by atoms with E-state index in [-0.39, 0.29) is 18.7 Å². The molecule has 0 fully saturated rings. The predicted octanol–water partition coefficient (Wildman–Crippen LogP) is -0.459. The summed E-state index contributed by atoms with van der Waals surface area (Å²) in [6.07, 6.45) is 0.591. The van der Waals surface area contributed by atoms with E-state index in [0.29, 0.717) is 6.42 Å². The van der Waals surface area contributed by atoms with Crippen molar-refractivity contribution >= 4 is 0 Å². The molecular weight excluding hydrogens is 120 g/mol. The van der Waals surface area contributed by atoms with Gasteiger partial charge in [0.15, 0.2) is 0 Å². The van der Waals surface area contributed by atoms with Gasteiger partial charge in [-0.1, -0.05) is 0 Å². The number of rotatable bonds is 4. The molecule has 4 heteroatoms. The highest BCUT2D eigenvalue weighted by molar-refractivity contribution is 4.69. The standard InChI is InChI=1S/C5H14N2O2/c1-4(6)5(7)2-3-9-8/h4-5,8H,2-3,6-7H2,1H3. The molecule has 9 heavy (non-hydrogen) atoms. The highest BCUT2D eigenvalue weighted by Crippen LogP contribution is 1.91. The SMILES string of the molecule is CC(N)C(N)CCOO. The van der Waals surface area contributed by atoms with Crippen LogP contribution < -0.4 is 11.5 Å². The maximum Gasteiger partial charge on any atom is 0.0835 e. The van der Waals surface area contributed by atoms with E-state index >= 15 is 0 Å². The molecule has 0 bridgehead atoms. The largest absolute Gasteiger partial charge is 0.327 e. The fraction of sp³-hybridized carbons (Fsp3) is 1.00. The van der Waals surface area contributed by atoms with E-state index < -0.39 is 0 Å². The Morgan fingerprint density at radius 2 is 2.11 bits per heavy atom. The van der Waals surface area contributed by atoms with Crippen LogP contribution in [0.5, 0.6) is 0 Å². The van der Waals surface area contributed by atoms with Crippen molar-refractivity contribution in [2.75, 3.05) is 6.61 Å². The molecule has 2 unspecified atom stereocenters. The molecule has 0 aliphatic rings. The summed E-state index contributed by atoms with van der Waals surface area (Å²) in [5.74, 6) is 0. The summed E-state index contributed by atoms with van der Waals surface area (Å²) in [6, 6.07) is -0.128. The van der Waals surface area contributed by atoms with Crippen molar-refractivity contribution in [1.82, 2.24) is 0 Å². The Kier molecular flexibility index (Phi) is 4.61. The van der Waals surface area contributed by atoms with Crippen molar-refractivity contribution in [2.24, 2.45) is 11.5 Å². The van der Waals surface area contributed by atoms with Crippen LogP contribution in [0.4, 0.5) is 0 Å². The molecule has 0 aromatic carbocycles. The van der Waals surface area contributed by atoms with Crippen molar-refractivity contribution in [2.45, 2.75) is 25.4 Å². The van der Waals surface area contributed by atoms with Gasteiger partial charge in [-0.25, -0.2) is 4.89 Å². The number of nitrogens with two attached hydrogens (primary N) is 2. The molecule has 0 rings (SSSR count). The maximum absolute atomic E-state index is 7.90. The molecule has 0 aromatic heterocycles. The molecule has 0 saturated carbocycles. The lowest BCUT2D eigenvalue weighted by Gasteiger charge is -2.13. The summed E-state index contributed by atoms with van der Waals surface area (Å²) in [7, 11) is 0. The Morgan fingerprint density at radius 3 is 2.44 bits per heavy atom. The molecule has 56 valence electrons. The molecule has 2 atom stereocenters. The van der Waals surface area contributed by atoms with Crippen LogP contribution in [0.15, 0.2) is 0 Å².